The predicted molar refractivity (Wildman–Crippen MR) is 64.7 cm³/mol. The zero-order valence-corrected chi connectivity index (χ0v) is 10.1. The summed E-state index contributed by atoms with van der Waals surface area (Å²) in [5.74, 6) is 0. The summed E-state index contributed by atoms with van der Waals surface area (Å²) in [6.07, 6.45) is 7.66. The monoisotopic (exact) mass is 212 g/mol. The quantitative estimate of drug-likeness (QED) is 0.728. The van der Waals surface area contributed by atoms with Crippen molar-refractivity contribution in [2.45, 2.75) is 25.1 Å². The number of nitrogens with zero attached hydrogens (tertiary/aromatic N) is 1. The van der Waals surface area contributed by atoms with Gasteiger partial charge in [-0.05, 0) is 30.9 Å². The Kier molecular flexibility index (Phi) is 5.12. The van der Waals surface area contributed by atoms with Gasteiger partial charge in [0, 0.05) is 31.2 Å². The predicted octanol–water partition coefficient (Wildman–Crippen LogP) is 2.26. The Hall–Kier alpha value is -0.410. The van der Waals surface area contributed by atoms with Crippen molar-refractivity contribution in [1.29, 1.82) is 0 Å². The van der Waals surface area contributed by atoms with E-state index in [1.165, 1.54) is 12.0 Å². The second-order valence-electron chi connectivity index (χ2n) is 3.70. The Bertz CT molecular complexity index is 258. The number of aryl methyl sites for hydroxylation is 1. The molecule has 2 nitrogen and oxygen atoms in total. The molecule has 1 aromatic rings. The van der Waals surface area contributed by atoms with Gasteiger partial charge in [-0.25, -0.2) is 0 Å². The Morgan fingerprint density at radius 2 is 2.36 bits per heavy atom. The first-order chi connectivity index (χ1) is 6.72. The third kappa shape index (κ3) is 4.20. The second-order valence-corrected chi connectivity index (χ2v) is 4.97. The minimum atomic E-state index is 0.762. The van der Waals surface area contributed by atoms with E-state index < -0.39 is 0 Å². The van der Waals surface area contributed by atoms with E-state index in [0.717, 1.165) is 18.3 Å². The van der Waals surface area contributed by atoms with Crippen LogP contribution in [-0.4, -0.2) is 22.6 Å². The van der Waals surface area contributed by atoms with Crippen LogP contribution in [-0.2, 0) is 13.6 Å². The lowest BCUT2D eigenvalue weighted by molar-refractivity contribution is 0.647. The Balaban J connectivity index is 2.10. The highest BCUT2D eigenvalue weighted by Gasteiger charge is 1.98. The normalized spacial score (nSPS) is 13.1. The molecule has 1 atom stereocenters. The molecule has 0 saturated heterocycles. The molecule has 0 aliphatic rings. The molecule has 1 rings (SSSR count). The summed E-state index contributed by atoms with van der Waals surface area (Å²) in [6, 6.07) is 2.16. The SMILES string of the molecule is CSC(C)CCNCc1ccn(C)c1. The molecule has 0 bridgehead atoms. The van der Waals surface area contributed by atoms with Crippen molar-refractivity contribution in [3.63, 3.8) is 0 Å². The molecule has 0 radical (unpaired) electrons. The van der Waals surface area contributed by atoms with Crippen LogP contribution in [0, 0.1) is 0 Å². The summed E-state index contributed by atoms with van der Waals surface area (Å²) in [7, 11) is 2.05. The van der Waals surface area contributed by atoms with Gasteiger partial charge in [-0.2, -0.15) is 11.8 Å². The third-order valence-electron chi connectivity index (χ3n) is 2.35. The summed E-state index contributed by atoms with van der Waals surface area (Å²) >= 11 is 1.93. The Morgan fingerprint density at radius 1 is 1.57 bits per heavy atom. The molecular weight excluding hydrogens is 192 g/mol. The van der Waals surface area contributed by atoms with Gasteiger partial charge in [0.05, 0.1) is 0 Å². The van der Waals surface area contributed by atoms with Crippen molar-refractivity contribution in [3.8, 4) is 0 Å². The molecule has 0 aliphatic heterocycles. The van der Waals surface area contributed by atoms with Crippen LogP contribution in [0.5, 0.6) is 0 Å². The zero-order valence-electron chi connectivity index (χ0n) is 9.29. The summed E-state index contributed by atoms with van der Waals surface area (Å²) in [6.45, 7) is 4.37. The van der Waals surface area contributed by atoms with Crippen LogP contribution < -0.4 is 5.32 Å². The Labute approximate surface area is 91.1 Å². The highest BCUT2D eigenvalue weighted by molar-refractivity contribution is 7.99. The number of hydrogen-bond acceptors (Lipinski definition) is 2. The molecule has 3 heteroatoms. The minimum absolute atomic E-state index is 0.762. The molecule has 0 aromatic carbocycles. The zero-order chi connectivity index (χ0) is 10.4. The van der Waals surface area contributed by atoms with Crippen LogP contribution in [0.3, 0.4) is 0 Å². The van der Waals surface area contributed by atoms with E-state index in [1.54, 1.807) is 0 Å². The summed E-state index contributed by atoms with van der Waals surface area (Å²) in [5.41, 5.74) is 1.37. The van der Waals surface area contributed by atoms with E-state index in [1.807, 2.05) is 11.8 Å². The van der Waals surface area contributed by atoms with Crippen LogP contribution in [0.1, 0.15) is 18.9 Å². The fourth-order valence-electron chi connectivity index (χ4n) is 1.32. The molecule has 80 valence electrons. The largest absolute Gasteiger partial charge is 0.357 e. The summed E-state index contributed by atoms with van der Waals surface area (Å²) in [4.78, 5) is 0. The van der Waals surface area contributed by atoms with E-state index >= 15 is 0 Å². The Morgan fingerprint density at radius 3 is 2.93 bits per heavy atom. The molecular formula is C11H20N2S. The van der Waals surface area contributed by atoms with E-state index in [2.05, 4.69) is 48.6 Å². The minimum Gasteiger partial charge on any atom is -0.357 e. The van der Waals surface area contributed by atoms with Gasteiger partial charge in [0.25, 0.3) is 0 Å². The van der Waals surface area contributed by atoms with Crippen molar-refractivity contribution in [1.82, 2.24) is 9.88 Å². The van der Waals surface area contributed by atoms with Gasteiger partial charge in [-0.1, -0.05) is 6.92 Å². The van der Waals surface area contributed by atoms with Gasteiger partial charge in [-0.15, -0.1) is 0 Å². The van der Waals surface area contributed by atoms with Crippen molar-refractivity contribution in [3.05, 3.63) is 24.0 Å². The van der Waals surface area contributed by atoms with E-state index in [9.17, 15) is 0 Å². The maximum Gasteiger partial charge on any atom is 0.0220 e. The first-order valence-corrected chi connectivity index (χ1v) is 6.35. The number of nitrogens with one attached hydrogen (secondary N) is 1. The van der Waals surface area contributed by atoms with E-state index in [0.29, 0.717) is 0 Å². The fraction of sp³-hybridized carbons (Fsp3) is 0.636. The number of thioether (sulfide) groups is 1. The van der Waals surface area contributed by atoms with E-state index in [-0.39, 0.29) is 0 Å². The van der Waals surface area contributed by atoms with Crippen molar-refractivity contribution in [2.75, 3.05) is 12.8 Å². The first kappa shape index (κ1) is 11.7. The van der Waals surface area contributed by atoms with Crippen LogP contribution in [0.4, 0.5) is 0 Å². The lowest BCUT2D eigenvalue weighted by Crippen LogP contribution is -2.17. The molecule has 1 heterocycles. The maximum absolute atomic E-state index is 3.45. The summed E-state index contributed by atoms with van der Waals surface area (Å²) < 4.78 is 2.08. The van der Waals surface area contributed by atoms with Crippen molar-refractivity contribution < 1.29 is 0 Å². The number of aromatic nitrogens is 1. The van der Waals surface area contributed by atoms with Gasteiger partial charge < -0.3 is 9.88 Å². The van der Waals surface area contributed by atoms with Crippen LogP contribution >= 0.6 is 11.8 Å². The molecule has 0 amide bonds. The van der Waals surface area contributed by atoms with Gasteiger partial charge in [-0.3, -0.25) is 0 Å². The highest BCUT2D eigenvalue weighted by atomic mass is 32.2. The molecule has 0 spiro atoms. The second kappa shape index (κ2) is 6.14. The standard InChI is InChI=1S/C11H20N2S/c1-10(14-3)4-6-12-8-11-5-7-13(2)9-11/h5,7,9-10,12H,4,6,8H2,1-3H3. The highest BCUT2D eigenvalue weighted by Crippen LogP contribution is 2.08. The topological polar surface area (TPSA) is 17.0 Å². The molecule has 0 fully saturated rings. The lowest BCUT2D eigenvalue weighted by atomic mass is 10.3. The van der Waals surface area contributed by atoms with E-state index in [4.69, 9.17) is 0 Å². The van der Waals surface area contributed by atoms with Gasteiger partial charge >= 0.3 is 0 Å². The average Bonchev–Trinajstić information content (AvgIpc) is 2.58. The van der Waals surface area contributed by atoms with Crippen molar-refractivity contribution >= 4 is 11.8 Å². The van der Waals surface area contributed by atoms with Gasteiger partial charge in [0.1, 0.15) is 0 Å². The van der Waals surface area contributed by atoms with Gasteiger partial charge in [0.2, 0.25) is 0 Å². The lowest BCUT2D eigenvalue weighted by Gasteiger charge is -2.08. The molecule has 1 aromatic heterocycles. The molecule has 0 aliphatic carbocycles. The molecule has 1 N–H and O–H groups in total. The molecule has 1 unspecified atom stereocenters. The van der Waals surface area contributed by atoms with Crippen LogP contribution in [0.15, 0.2) is 18.5 Å². The molecule has 14 heavy (non-hydrogen) atoms. The maximum atomic E-state index is 3.45. The van der Waals surface area contributed by atoms with Crippen molar-refractivity contribution in [2.24, 2.45) is 7.05 Å². The third-order valence-corrected chi connectivity index (χ3v) is 3.39. The number of rotatable bonds is 6. The smallest absolute Gasteiger partial charge is 0.0220 e. The van der Waals surface area contributed by atoms with Gasteiger partial charge in [0.15, 0.2) is 0 Å². The van der Waals surface area contributed by atoms with Crippen LogP contribution in [0.2, 0.25) is 0 Å². The molecule has 0 saturated carbocycles. The summed E-state index contributed by atoms with van der Waals surface area (Å²) in [5, 5.41) is 4.22. The average molecular weight is 212 g/mol. The van der Waals surface area contributed by atoms with Crippen LogP contribution in [0.25, 0.3) is 0 Å². The number of hydrogen-bond donors (Lipinski definition) is 1. The fourth-order valence-corrected chi connectivity index (χ4v) is 1.67. The first-order valence-electron chi connectivity index (χ1n) is 5.06.